The molecule has 30 heavy (non-hydrogen) atoms. The second-order valence-electron chi connectivity index (χ2n) is 6.98. The molecule has 0 unspecified atom stereocenters. The SMILES string of the molecule is Cc1c(N)cccc1-c1noc(-c2cccc(N3C(=O)c4ccccc4C3=O)c2)n1. The van der Waals surface area contributed by atoms with Crippen LogP contribution in [0.25, 0.3) is 22.8 Å². The number of carbonyl (C=O) groups is 2. The Bertz CT molecular complexity index is 1290. The molecule has 0 saturated heterocycles. The molecule has 4 aromatic rings. The Labute approximate surface area is 171 Å². The van der Waals surface area contributed by atoms with Crippen molar-refractivity contribution in [3.8, 4) is 22.8 Å². The average Bonchev–Trinajstić information content (AvgIpc) is 3.34. The van der Waals surface area contributed by atoms with Crippen molar-refractivity contribution in [2.75, 3.05) is 10.6 Å². The Morgan fingerprint density at radius 3 is 2.27 bits per heavy atom. The molecule has 0 atom stereocenters. The van der Waals surface area contributed by atoms with E-state index >= 15 is 0 Å². The number of hydrogen-bond donors (Lipinski definition) is 1. The zero-order valence-electron chi connectivity index (χ0n) is 16.0. The molecule has 2 amide bonds. The number of rotatable bonds is 3. The number of hydrogen-bond acceptors (Lipinski definition) is 6. The van der Waals surface area contributed by atoms with Crippen LogP contribution in [0.5, 0.6) is 0 Å². The quantitative estimate of drug-likeness (QED) is 0.413. The minimum absolute atomic E-state index is 0.283. The monoisotopic (exact) mass is 396 g/mol. The van der Waals surface area contributed by atoms with Crippen molar-refractivity contribution in [1.29, 1.82) is 0 Å². The van der Waals surface area contributed by atoms with Gasteiger partial charge in [-0.05, 0) is 48.9 Å². The smallest absolute Gasteiger partial charge is 0.266 e. The van der Waals surface area contributed by atoms with Gasteiger partial charge in [-0.1, -0.05) is 35.5 Å². The predicted molar refractivity (Wildman–Crippen MR) is 112 cm³/mol. The van der Waals surface area contributed by atoms with Crippen LogP contribution in [0.3, 0.4) is 0 Å². The Morgan fingerprint density at radius 1 is 0.867 bits per heavy atom. The summed E-state index contributed by atoms with van der Waals surface area (Å²) in [6, 6.07) is 19.2. The van der Waals surface area contributed by atoms with Crippen LogP contribution in [0.4, 0.5) is 11.4 Å². The fraction of sp³-hybridized carbons (Fsp3) is 0.0435. The molecule has 5 rings (SSSR count). The van der Waals surface area contributed by atoms with Crippen LogP contribution in [0.2, 0.25) is 0 Å². The first kappa shape index (κ1) is 17.8. The van der Waals surface area contributed by atoms with Crippen LogP contribution < -0.4 is 10.6 Å². The summed E-state index contributed by atoms with van der Waals surface area (Å²) in [5.41, 5.74) is 10.1. The van der Waals surface area contributed by atoms with Gasteiger partial charge < -0.3 is 10.3 Å². The van der Waals surface area contributed by atoms with E-state index in [9.17, 15) is 9.59 Å². The Balaban J connectivity index is 1.51. The zero-order chi connectivity index (χ0) is 20.8. The van der Waals surface area contributed by atoms with E-state index in [1.54, 1.807) is 48.5 Å². The van der Waals surface area contributed by atoms with Crippen LogP contribution in [0.1, 0.15) is 26.3 Å². The molecule has 3 aromatic carbocycles. The van der Waals surface area contributed by atoms with E-state index in [4.69, 9.17) is 10.3 Å². The molecule has 0 spiro atoms. The third-order valence-electron chi connectivity index (χ3n) is 5.19. The lowest BCUT2D eigenvalue weighted by Crippen LogP contribution is -2.29. The van der Waals surface area contributed by atoms with Gasteiger partial charge in [-0.2, -0.15) is 4.98 Å². The molecule has 2 N–H and O–H groups in total. The van der Waals surface area contributed by atoms with E-state index in [1.165, 1.54) is 0 Å². The van der Waals surface area contributed by atoms with Crippen LogP contribution in [0, 0.1) is 6.92 Å². The molecule has 0 fully saturated rings. The van der Waals surface area contributed by atoms with Gasteiger partial charge in [-0.15, -0.1) is 0 Å². The number of anilines is 2. The molecule has 0 radical (unpaired) electrons. The second kappa shape index (κ2) is 6.66. The fourth-order valence-corrected chi connectivity index (χ4v) is 3.55. The van der Waals surface area contributed by atoms with Gasteiger partial charge in [0.1, 0.15) is 0 Å². The van der Waals surface area contributed by atoms with Crippen molar-refractivity contribution in [3.05, 3.63) is 83.4 Å². The molecule has 7 heteroatoms. The minimum atomic E-state index is -0.352. The maximum Gasteiger partial charge on any atom is 0.266 e. The van der Waals surface area contributed by atoms with Crippen molar-refractivity contribution in [2.45, 2.75) is 6.92 Å². The summed E-state index contributed by atoms with van der Waals surface area (Å²) in [6.45, 7) is 1.89. The first-order chi connectivity index (χ1) is 14.5. The molecule has 0 aliphatic carbocycles. The number of carbonyl (C=O) groups excluding carboxylic acids is 2. The third-order valence-corrected chi connectivity index (χ3v) is 5.19. The van der Waals surface area contributed by atoms with Crippen molar-refractivity contribution in [2.24, 2.45) is 0 Å². The van der Waals surface area contributed by atoms with E-state index in [0.29, 0.717) is 33.9 Å². The van der Waals surface area contributed by atoms with Gasteiger partial charge >= 0.3 is 0 Å². The van der Waals surface area contributed by atoms with Gasteiger partial charge in [0.25, 0.3) is 17.7 Å². The van der Waals surface area contributed by atoms with Crippen LogP contribution in [0.15, 0.2) is 71.3 Å². The maximum absolute atomic E-state index is 12.8. The van der Waals surface area contributed by atoms with Gasteiger partial charge in [0, 0.05) is 16.8 Å². The number of imide groups is 1. The normalized spacial score (nSPS) is 13.0. The van der Waals surface area contributed by atoms with Gasteiger partial charge in [0.2, 0.25) is 5.82 Å². The summed E-state index contributed by atoms with van der Waals surface area (Å²) < 4.78 is 5.44. The number of fused-ring (bicyclic) bond motifs is 1. The number of nitrogens with zero attached hydrogens (tertiary/aromatic N) is 3. The Hall–Kier alpha value is -4.26. The van der Waals surface area contributed by atoms with Crippen LogP contribution in [-0.4, -0.2) is 22.0 Å². The lowest BCUT2D eigenvalue weighted by atomic mass is 10.1. The first-order valence-electron chi connectivity index (χ1n) is 9.32. The Morgan fingerprint density at radius 2 is 1.53 bits per heavy atom. The van der Waals surface area contributed by atoms with E-state index < -0.39 is 0 Å². The summed E-state index contributed by atoms with van der Waals surface area (Å²) in [7, 11) is 0. The van der Waals surface area contributed by atoms with Gasteiger partial charge in [0.05, 0.1) is 16.8 Å². The van der Waals surface area contributed by atoms with Gasteiger partial charge in [0.15, 0.2) is 0 Å². The maximum atomic E-state index is 12.8. The van der Waals surface area contributed by atoms with Crippen molar-refractivity contribution >= 4 is 23.2 Å². The molecule has 2 heterocycles. The minimum Gasteiger partial charge on any atom is -0.398 e. The van der Waals surface area contributed by atoms with Crippen LogP contribution in [-0.2, 0) is 0 Å². The highest BCUT2D eigenvalue weighted by Crippen LogP contribution is 2.32. The zero-order valence-corrected chi connectivity index (χ0v) is 16.0. The largest absolute Gasteiger partial charge is 0.398 e. The lowest BCUT2D eigenvalue weighted by Gasteiger charge is -2.14. The molecule has 0 saturated carbocycles. The van der Waals surface area contributed by atoms with Crippen LogP contribution >= 0.6 is 0 Å². The summed E-state index contributed by atoms with van der Waals surface area (Å²) in [5.74, 6) is -0.00470. The van der Waals surface area contributed by atoms with Gasteiger partial charge in [-0.25, -0.2) is 4.90 Å². The van der Waals surface area contributed by atoms with E-state index in [-0.39, 0.29) is 17.7 Å². The molecular weight excluding hydrogens is 380 g/mol. The first-order valence-corrected chi connectivity index (χ1v) is 9.32. The summed E-state index contributed by atoms with van der Waals surface area (Å²) >= 11 is 0. The van der Waals surface area contributed by atoms with E-state index in [1.807, 2.05) is 25.1 Å². The van der Waals surface area contributed by atoms with Crippen molar-refractivity contribution in [3.63, 3.8) is 0 Å². The number of benzene rings is 3. The predicted octanol–water partition coefficient (Wildman–Crippen LogP) is 4.09. The fourth-order valence-electron chi connectivity index (χ4n) is 3.55. The topological polar surface area (TPSA) is 102 Å². The number of nitrogen functional groups attached to an aromatic ring is 1. The highest BCUT2D eigenvalue weighted by atomic mass is 16.5. The molecule has 1 aromatic heterocycles. The molecule has 146 valence electrons. The summed E-state index contributed by atoms with van der Waals surface area (Å²) in [4.78, 5) is 31.1. The Kier molecular flexibility index (Phi) is 3.96. The summed E-state index contributed by atoms with van der Waals surface area (Å²) in [5, 5.41) is 4.07. The number of amides is 2. The van der Waals surface area contributed by atoms with Gasteiger partial charge in [-0.3, -0.25) is 9.59 Å². The van der Waals surface area contributed by atoms with E-state index in [0.717, 1.165) is 16.0 Å². The number of aromatic nitrogens is 2. The lowest BCUT2D eigenvalue weighted by molar-refractivity contribution is 0.0926. The highest BCUT2D eigenvalue weighted by Gasteiger charge is 2.36. The summed E-state index contributed by atoms with van der Waals surface area (Å²) in [6.07, 6.45) is 0. The highest BCUT2D eigenvalue weighted by molar-refractivity contribution is 6.34. The average molecular weight is 396 g/mol. The standard InChI is InChI=1S/C23H16N4O3/c1-13-16(10-5-11-19(13)24)20-25-21(30-26-20)14-6-4-7-15(12-14)27-22(28)17-8-2-3-9-18(17)23(27)29/h2-12H,24H2,1H3. The third kappa shape index (κ3) is 2.68. The van der Waals surface area contributed by atoms with E-state index in [2.05, 4.69) is 10.1 Å². The molecule has 1 aliphatic rings. The second-order valence-corrected chi connectivity index (χ2v) is 6.98. The molecule has 0 bridgehead atoms. The van der Waals surface area contributed by atoms with Crippen molar-refractivity contribution < 1.29 is 14.1 Å². The molecular formula is C23H16N4O3. The number of nitrogens with two attached hydrogens (primary N) is 1. The molecule has 7 nitrogen and oxygen atoms in total. The molecule has 1 aliphatic heterocycles. The van der Waals surface area contributed by atoms with Crippen molar-refractivity contribution in [1.82, 2.24) is 10.1 Å².